The van der Waals surface area contributed by atoms with Crippen molar-refractivity contribution in [2.75, 3.05) is 11.9 Å². The van der Waals surface area contributed by atoms with E-state index in [2.05, 4.69) is 10.3 Å². The van der Waals surface area contributed by atoms with Crippen LogP contribution in [0.5, 0.6) is 5.75 Å². The van der Waals surface area contributed by atoms with Crippen LogP contribution in [0.1, 0.15) is 54.5 Å². The largest absolute Gasteiger partial charge is 0.491 e. The Labute approximate surface area is 176 Å². The summed E-state index contributed by atoms with van der Waals surface area (Å²) in [6, 6.07) is 5.61. The molecule has 0 aliphatic heterocycles. The number of pyridine rings is 2. The lowest BCUT2D eigenvalue weighted by atomic mass is 9.45. The van der Waals surface area contributed by atoms with Gasteiger partial charge in [0.1, 0.15) is 34.6 Å². The summed E-state index contributed by atoms with van der Waals surface area (Å²) in [7, 11) is 0. The van der Waals surface area contributed by atoms with E-state index in [4.69, 9.17) is 9.72 Å². The van der Waals surface area contributed by atoms with Crippen molar-refractivity contribution >= 4 is 17.2 Å². The van der Waals surface area contributed by atoms with E-state index < -0.39 is 24.2 Å². The second kappa shape index (κ2) is 7.25. The van der Waals surface area contributed by atoms with Gasteiger partial charge in [0.25, 0.3) is 12.3 Å². The molecule has 3 aromatic rings. The van der Waals surface area contributed by atoms with Gasteiger partial charge < -0.3 is 14.5 Å². The minimum atomic E-state index is -2.77. The molecule has 3 aromatic heterocycles. The third-order valence-corrected chi connectivity index (χ3v) is 6.45. The molecule has 2 aliphatic carbocycles. The van der Waals surface area contributed by atoms with Crippen LogP contribution in [-0.4, -0.2) is 33.1 Å². The van der Waals surface area contributed by atoms with Crippen LogP contribution < -0.4 is 10.1 Å². The summed E-state index contributed by atoms with van der Waals surface area (Å²) in [6.07, 6.45) is 2.31. The molecule has 3 atom stereocenters. The normalized spacial score (nSPS) is 24.4. The molecule has 2 fully saturated rings. The molecule has 31 heavy (non-hydrogen) atoms. The van der Waals surface area contributed by atoms with E-state index in [1.807, 2.05) is 13.1 Å². The smallest absolute Gasteiger partial charge is 0.280 e. The topological polar surface area (TPSA) is 68.5 Å². The average molecular weight is 430 g/mol. The monoisotopic (exact) mass is 430 g/mol. The summed E-state index contributed by atoms with van der Waals surface area (Å²) < 4.78 is 47.1. The van der Waals surface area contributed by atoms with Crippen molar-refractivity contribution in [3.63, 3.8) is 0 Å². The number of carbonyl (C=O) groups excluding carboxylic acids is 1. The minimum absolute atomic E-state index is 0.0381. The summed E-state index contributed by atoms with van der Waals surface area (Å²) in [5.74, 6) is -0.179. The molecular weight excluding hydrogens is 409 g/mol. The van der Waals surface area contributed by atoms with Gasteiger partial charge in [-0.05, 0) is 38.3 Å². The summed E-state index contributed by atoms with van der Waals surface area (Å²) in [4.78, 5) is 21.1. The third-order valence-electron chi connectivity index (χ3n) is 6.45. The van der Waals surface area contributed by atoms with E-state index in [1.165, 1.54) is 18.2 Å². The standard InChI is InChI=1S/C22H21F3N4O2/c1-2-31-17-8-19-28-18(22-7-6-12(22)13(23)9-22)11-29(19)10-16(17)27-21(30)15-5-3-4-14(26-15)20(24)25/h3-5,8,10-13,20H,2,6-7,9H2,1H3,(H,27,30). The van der Waals surface area contributed by atoms with E-state index >= 15 is 0 Å². The molecule has 162 valence electrons. The SMILES string of the molecule is CCOc1cc2nc(C34CCC3C(F)C4)cn2cc1NC(=O)c1cccc(C(F)F)n1. The first-order valence-corrected chi connectivity index (χ1v) is 10.3. The Balaban J connectivity index is 1.47. The molecule has 1 amide bonds. The van der Waals surface area contributed by atoms with E-state index in [-0.39, 0.29) is 17.0 Å². The Kier molecular flexibility index (Phi) is 4.64. The quantitative estimate of drug-likeness (QED) is 0.615. The molecule has 0 spiro atoms. The lowest BCUT2D eigenvalue weighted by molar-refractivity contribution is -0.0834. The zero-order chi connectivity index (χ0) is 21.8. The Bertz CT molecular complexity index is 1160. The van der Waals surface area contributed by atoms with Crippen molar-refractivity contribution in [1.82, 2.24) is 14.4 Å². The number of imidazole rings is 1. The molecule has 0 bridgehead atoms. The van der Waals surface area contributed by atoms with Gasteiger partial charge in [-0.25, -0.2) is 23.1 Å². The number of hydrogen-bond acceptors (Lipinski definition) is 4. The molecule has 0 radical (unpaired) electrons. The summed E-state index contributed by atoms with van der Waals surface area (Å²) in [5, 5.41) is 2.70. The summed E-state index contributed by atoms with van der Waals surface area (Å²) in [5.41, 5.74) is 1.10. The Morgan fingerprint density at radius 3 is 2.84 bits per heavy atom. The Hall–Kier alpha value is -3.10. The number of amides is 1. The second-order valence-electron chi connectivity index (χ2n) is 8.10. The maximum absolute atomic E-state index is 13.9. The number of hydrogen-bond donors (Lipinski definition) is 1. The number of carbonyl (C=O) groups is 1. The minimum Gasteiger partial charge on any atom is -0.491 e. The van der Waals surface area contributed by atoms with Gasteiger partial charge in [0.15, 0.2) is 0 Å². The highest BCUT2D eigenvalue weighted by Crippen LogP contribution is 2.62. The van der Waals surface area contributed by atoms with Crippen LogP contribution in [0.3, 0.4) is 0 Å². The van der Waals surface area contributed by atoms with Gasteiger partial charge in [-0.3, -0.25) is 4.79 Å². The van der Waals surface area contributed by atoms with Crippen molar-refractivity contribution < 1.29 is 22.7 Å². The van der Waals surface area contributed by atoms with E-state index in [9.17, 15) is 18.0 Å². The number of fused-ring (bicyclic) bond motifs is 2. The van der Waals surface area contributed by atoms with Crippen molar-refractivity contribution in [3.05, 3.63) is 53.7 Å². The maximum Gasteiger partial charge on any atom is 0.280 e. The molecule has 6 nitrogen and oxygen atoms in total. The number of aromatic nitrogens is 3. The molecule has 0 saturated heterocycles. The lowest BCUT2D eigenvalue weighted by Gasteiger charge is -2.59. The van der Waals surface area contributed by atoms with Gasteiger partial charge in [-0.1, -0.05) is 6.07 Å². The van der Waals surface area contributed by atoms with Gasteiger partial charge >= 0.3 is 0 Å². The highest BCUT2D eigenvalue weighted by molar-refractivity contribution is 6.03. The van der Waals surface area contributed by atoms with Gasteiger partial charge in [0, 0.05) is 29.8 Å². The van der Waals surface area contributed by atoms with Gasteiger partial charge in [-0.15, -0.1) is 0 Å². The van der Waals surface area contributed by atoms with Crippen LogP contribution in [0.25, 0.3) is 5.65 Å². The predicted molar refractivity (Wildman–Crippen MR) is 107 cm³/mol. The molecule has 3 heterocycles. The van der Waals surface area contributed by atoms with E-state index in [0.717, 1.165) is 18.5 Å². The van der Waals surface area contributed by atoms with Gasteiger partial charge in [0.05, 0.1) is 12.3 Å². The van der Waals surface area contributed by atoms with Gasteiger partial charge in [0.2, 0.25) is 0 Å². The first kappa shape index (κ1) is 19.8. The number of anilines is 1. The number of ether oxygens (including phenoxy) is 1. The van der Waals surface area contributed by atoms with E-state index in [0.29, 0.717) is 30.1 Å². The maximum atomic E-state index is 13.9. The second-order valence-corrected chi connectivity index (χ2v) is 8.10. The number of rotatable bonds is 6. The zero-order valence-electron chi connectivity index (χ0n) is 16.8. The van der Waals surface area contributed by atoms with Crippen LogP contribution >= 0.6 is 0 Å². The summed E-state index contributed by atoms with van der Waals surface area (Å²) in [6.45, 7) is 2.18. The molecule has 1 N–H and O–H groups in total. The fraction of sp³-hybridized carbons (Fsp3) is 0.409. The first-order chi connectivity index (χ1) is 14.9. The van der Waals surface area contributed by atoms with Crippen LogP contribution in [0, 0.1) is 5.92 Å². The van der Waals surface area contributed by atoms with Crippen molar-refractivity contribution in [1.29, 1.82) is 0 Å². The summed E-state index contributed by atoms with van der Waals surface area (Å²) >= 11 is 0. The molecule has 0 aromatic carbocycles. The molecule has 9 heteroatoms. The van der Waals surface area contributed by atoms with Crippen molar-refractivity contribution in [2.45, 2.75) is 44.2 Å². The van der Waals surface area contributed by atoms with Crippen LogP contribution in [0.2, 0.25) is 0 Å². The predicted octanol–water partition coefficient (Wildman–Crippen LogP) is 4.71. The zero-order valence-corrected chi connectivity index (χ0v) is 16.8. The fourth-order valence-electron chi connectivity index (χ4n) is 4.70. The van der Waals surface area contributed by atoms with Crippen LogP contribution in [0.15, 0.2) is 36.7 Å². The highest BCUT2D eigenvalue weighted by Gasteiger charge is 2.62. The lowest BCUT2D eigenvalue weighted by Crippen LogP contribution is -2.60. The molecule has 2 aliphatic rings. The average Bonchev–Trinajstić information content (AvgIpc) is 3.14. The van der Waals surface area contributed by atoms with Crippen LogP contribution in [0.4, 0.5) is 18.9 Å². The van der Waals surface area contributed by atoms with E-state index in [1.54, 1.807) is 16.7 Å². The molecule has 5 rings (SSSR count). The van der Waals surface area contributed by atoms with Gasteiger partial charge in [-0.2, -0.15) is 0 Å². The number of halogens is 3. The number of nitrogens with one attached hydrogen (secondary N) is 1. The molecule has 2 saturated carbocycles. The van der Waals surface area contributed by atoms with Crippen molar-refractivity contribution in [3.8, 4) is 5.75 Å². The molecular formula is C22H21F3N4O2. The Morgan fingerprint density at radius 2 is 2.19 bits per heavy atom. The fourth-order valence-corrected chi connectivity index (χ4v) is 4.70. The number of alkyl halides is 3. The molecule has 3 unspecified atom stereocenters. The highest BCUT2D eigenvalue weighted by atomic mass is 19.3. The van der Waals surface area contributed by atoms with Crippen LogP contribution in [-0.2, 0) is 5.41 Å². The first-order valence-electron chi connectivity index (χ1n) is 10.3. The Morgan fingerprint density at radius 1 is 1.35 bits per heavy atom. The third kappa shape index (κ3) is 3.14. The number of nitrogens with zero attached hydrogens (tertiary/aromatic N) is 3. The van der Waals surface area contributed by atoms with Crippen molar-refractivity contribution in [2.24, 2.45) is 5.92 Å².